The number of rotatable bonds is 7. The first-order valence-electron chi connectivity index (χ1n) is 9.27. The number of carbonyl (C=O) groups is 1. The topological polar surface area (TPSA) is 114 Å². The number of fused-ring (bicyclic) bond motifs is 1. The monoisotopic (exact) mass is 470 g/mol. The highest BCUT2D eigenvalue weighted by Gasteiger charge is 2.38. The first-order chi connectivity index (χ1) is 15.0. The minimum absolute atomic E-state index is 0.0181. The van der Waals surface area contributed by atoms with E-state index in [1.807, 2.05) is 0 Å². The van der Waals surface area contributed by atoms with Crippen molar-refractivity contribution in [2.24, 2.45) is 0 Å². The van der Waals surface area contributed by atoms with Crippen LogP contribution in [-0.4, -0.2) is 39.3 Å². The predicted molar refractivity (Wildman–Crippen MR) is 111 cm³/mol. The fourth-order valence-electron chi connectivity index (χ4n) is 2.91. The van der Waals surface area contributed by atoms with Crippen molar-refractivity contribution in [1.82, 2.24) is 0 Å². The van der Waals surface area contributed by atoms with Crippen LogP contribution >= 0.6 is 0 Å². The number of hydrogen-bond donors (Lipinski definition) is 3. The molecule has 1 amide bonds. The number of benzene rings is 2. The molecule has 2 aromatic rings. The van der Waals surface area contributed by atoms with E-state index in [0.717, 1.165) is 18.2 Å². The summed E-state index contributed by atoms with van der Waals surface area (Å²) in [6.07, 6.45) is -2.66. The number of alkyl halides is 3. The maximum Gasteiger partial charge on any atom is 0.491 e. The van der Waals surface area contributed by atoms with Crippen LogP contribution < -0.4 is 15.5 Å². The van der Waals surface area contributed by atoms with Crippen molar-refractivity contribution in [3.05, 3.63) is 53.8 Å². The Balaban J connectivity index is 1.93. The fraction of sp³-hybridized carbons (Fsp3) is 0.211. The zero-order valence-electron chi connectivity index (χ0n) is 16.6. The summed E-state index contributed by atoms with van der Waals surface area (Å²) in [7, 11) is -5.37. The SMILES string of the molecule is CCOC=Cc1cc(NC(=O)C(F)(F)F)ccc1S(=O)(=O)Nc1ccc2c(c1)B(O)OC2. The molecular weight excluding hydrogens is 452 g/mol. The summed E-state index contributed by atoms with van der Waals surface area (Å²) in [5, 5.41) is 11.5. The molecule has 3 rings (SSSR count). The molecule has 1 aliphatic heterocycles. The molecule has 0 unspecified atom stereocenters. The van der Waals surface area contributed by atoms with Gasteiger partial charge in [-0.3, -0.25) is 9.52 Å². The van der Waals surface area contributed by atoms with E-state index in [2.05, 4.69) is 4.72 Å². The minimum atomic E-state index is -5.10. The molecule has 0 bridgehead atoms. The van der Waals surface area contributed by atoms with Crippen molar-refractivity contribution >= 4 is 46.0 Å². The third kappa shape index (κ3) is 5.41. The molecule has 3 N–H and O–H groups in total. The van der Waals surface area contributed by atoms with Gasteiger partial charge >= 0.3 is 19.2 Å². The molecule has 1 heterocycles. The summed E-state index contributed by atoms with van der Waals surface area (Å²) in [6.45, 7) is 2.16. The van der Waals surface area contributed by atoms with E-state index in [1.54, 1.807) is 18.3 Å². The van der Waals surface area contributed by atoms with Gasteiger partial charge in [-0.2, -0.15) is 13.2 Å². The lowest BCUT2D eigenvalue weighted by Gasteiger charge is -2.14. The van der Waals surface area contributed by atoms with Crippen LogP contribution in [0.15, 0.2) is 47.6 Å². The van der Waals surface area contributed by atoms with Gasteiger partial charge in [0.1, 0.15) is 0 Å². The molecule has 0 radical (unpaired) electrons. The standard InChI is InChI=1S/C19H18BF3N2O6S/c1-2-30-8-7-12-9-14(24-18(26)19(21,22)23)5-6-17(12)32(28,29)25-15-4-3-13-11-31-20(27)16(13)10-15/h3-10,25,27H,2,11H2,1H3,(H,24,26). The first kappa shape index (κ1) is 23.6. The number of amides is 1. The Labute approximate surface area is 182 Å². The zero-order valence-corrected chi connectivity index (χ0v) is 17.5. The third-order valence-corrected chi connectivity index (χ3v) is 5.84. The van der Waals surface area contributed by atoms with E-state index in [-0.39, 0.29) is 35.0 Å². The maximum absolute atomic E-state index is 13.0. The predicted octanol–water partition coefficient (Wildman–Crippen LogP) is 2.21. The maximum atomic E-state index is 13.0. The summed E-state index contributed by atoms with van der Waals surface area (Å²) in [5.74, 6) is -2.19. The second-order valence-electron chi connectivity index (χ2n) is 6.65. The van der Waals surface area contributed by atoms with Crippen molar-refractivity contribution in [3.63, 3.8) is 0 Å². The molecule has 1 aliphatic rings. The number of carbonyl (C=O) groups excluding carboxylic acids is 1. The Kier molecular flexibility index (Phi) is 6.81. The number of halogens is 3. The van der Waals surface area contributed by atoms with E-state index < -0.39 is 29.2 Å². The van der Waals surface area contributed by atoms with Gasteiger partial charge in [0.25, 0.3) is 10.0 Å². The van der Waals surface area contributed by atoms with E-state index in [1.165, 1.54) is 24.5 Å². The number of hydrogen-bond acceptors (Lipinski definition) is 6. The van der Waals surface area contributed by atoms with Gasteiger partial charge in [0.15, 0.2) is 0 Å². The molecular formula is C19H18BF3N2O6S. The smallest absolute Gasteiger partial charge is 0.491 e. The molecule has 0 spiro atoms. The van der Waals surface area contributed by atoms with E-state index in [0.29, 0.717) is 11.0 Å². The molecule has 13 heteroatoms. The van der Waals surface area contributed by atoms with E-state index >= 15 is 0 Å². The Hall–Kier alpha value is -3.03. The third-order valence-electron chi connectivity index (χ3n) is 4.39. The van der Waals surface area contributed by atoms with Crippen molar-refractivity contribution in [2.75, 3.05) is 16.6 Å². The lowest BCUT2D eigenvalue weighted by Crippen LogP contribution is -2.30. The zero-order chi connectivity index (χ0) is 23.5. The molecule has 0 fully saturated rings. The highest BCUT2D eigenvalue weighted by Crippen LogP contribution is 2.26. The molecule has 0 aliphatic carbocycles. The van der Waals surface area contributed by atoms with Gasteiger partial charge < -0.3 is 19.7 Å². The minimum Gasteiger partial charge on any atom is -0.501 e. The van der Waals surface area contributed by atoms with Crippen molar-refractivity contribution in [3.8, 4) is 0 Å². The molecule has 0 aromatic heterocycles. The van der Waals surface area contributed by atoms with Crippen LogP contribution in [0.3, 0.4) is 0 Å². The van der Waals surface area contributed by atoms with Crippen molar-refractivity contribution in [1.29, 1.82) is 0 Å². The van der Waals surface area contributed by atoms with Crippen molar-refractivity contribution < 1.29 is 40.8 Å². The molecule has 32 heavy (non-hydrogen) atoms. The molecule has 8 nitrogen and oxygen atoms in total. The van der Waals surface area contributed by atoms with E-state index in [4.69, 9.17) is 9.39 Å². The highest BCUT2D eigenvalue weighted by atomic mass is 32.2. The Morgan fingerprint density at radius 1 is 1.25 bits per heavy atom. The van der Waals surface area contributed by atoms with Gasteiger partial charge in [0, 0.05) is 16.9 Å². The van der Waals surface area contributed by atoms with Gasteiger partial charge in [-0.05, 0) is 54.4 Å². The summed E-state index contributed by atoms with van der Waals surface area (Å²) in [6, 6.07) is 7.70. The fourth-order valence-corrected chi connectivity index (χ4v) is 4.14. The Morgan fingerprint density at radius 2 is 1.97 bits per heavy atom. The van der Waals surface area contributed by atoms with Gasteiger partial charge in [-0.25, -0.2) is 8.42 Å². The van der Waals surface area contributed by atoms with Gasteiger partial charge in [0.05, 0.1) is 24.4 Å². The van der Waals surface area contributed by atoms with Crippen LogP contribution in [0, 0.1) is 0 Å². The van der Waals surface area contributed by atoms with Crippen LogP contribution in [0.5, 0.6) is 0 Å². The van der Waals surface area contributed by atoms with Gasteiger partial charge in [-0.1, -0.05) is 6.07 Å². The van der Waals surface area contributed by atoms with E-state index in [9.17, 15) is 31.4 Å². The lowest BCUT2D eigenvalue weighted by atomic mass is 9.79. The molecule has 0 saturated carbocycles. The van der Waals surface area contributed by atoms with Gasteiger partial charge in [-0.15, -0.1) is 0 Å². The average Bonchev–Trinajstić information content (AvgIpc) is 3.07. The lowest BCUT2D eigenvalue weighted by molar-refractivity contribution is -0.167. The normalized spacial score (nSPS) is 13.8. The average molecular weight is 470 g/mol. The molecule has 170 valence electrons. The van der Waals surface area contributed by atoms with Crippen LogP contribution in [0.25, 0.3) is 6.08 Å². The second-order valence-corrected chi connectivity index (χ2v) is 8.30. The van der Waals surface area contributed by atoms with Crippen LogP contribution in [0.1, 0.15) is 18.1 Å². The molecule has 0 saturated heterocycles. The highest BCUT2D eigenvalue weighted by molar-refractivity contribution is 7.92. The first-order valence-corrected chi connectivity index (χ1v) is 10.8. The van der Waals surface area contributed by atoms with Crippen LogP contribution in [0.4, 0.5) is 24.5 Å². The number of sulfonamides is 1. The second kappa shape index (κ2) is 9.22. The van der Waals surface area contributed by atoms with Crippen molar-refractivity contribution in [2.45, 2.75) is 24.6 Å². The number of ether oxygens (including phenoxy) is 1. The number of nitrogens with one attached hydrogen (secondary N) is 2. The largest absolute Gasteiger partial charge is 0.501 e. The Bertz CT molecular complexity index is 1150. The Morgan fingerprint density at radius 3 is 2.66 bits per heavy atom. The molecule has 2 aromatic carbocycles. The number of anilines is 2. The summed E-state index contributed by atoms with van der Waals surface area (Å²) in [5.41, 5.74) is 1.02. The van der Waals surface area contributed by atoms with Crippen LogP contribution in [0.2, 0.25) is 0 Å². The van der Waals surface area contributed by atoms with Crippen LogP contribution in [-0.2, 0) is 30.8 Å². The quantitative estimate of drug-likeness (QED) is 0.423. The summed E-state index contributed by atoms with van der Waals surface area (Å²) >= 11 is 0. The summed E-state index contributed by atoms with van der Waals surface area (Å²) in [4.78, 5) is 10.9. The molecule has 0 atom stereocenters. The summed E-state index contributed by atoms with van der Waals surface area (Å²) < 4.78 is 76.1. The van der Waals surface area contributed by atoms with Gasteiger partial charge in [0.2, 0.25) is 0 Å².